The summed E-state index contributed by atoms with van der Waals surface area (Å²) in [5.41, 5.74) is 6.16. The van der Waals surface area contributed by atoms with Crippen molar-refractivity contribution in [3.8, 4) is 27.6 Å². The van der Waals surface area contributed by atoms with Crippen molar-refractivity contribution < 1.29 is 22.7 Å². The summed E-state index contributed by atoms with van der Waals surface area (Å²) in [4.78, 5) is 26.7. The Bertz CT molecular complexity index is 2270. The molecule has 254 valence electrons. The van der Waals surface area contributed by atoms with Crippen molar-refractivity contribution in [3.63, 3.8) is 0 Å². The number of nitrogens with zero attached hydrogens (tertiary/aromatic N) is 5. The van der Waals surface area contributed by atoms with Crippen LogP contribution in [0.3, 0.4) is 0 Å². The van der Waals surface area contributed by atoms with Gasteiger partial charge in [-0.3, -0.25) is 9.78 Å². The van der Waals surface area contributed by atoms with Crippen LogP contribution in [0.2, 0.25) is 0 Å². The summed E-state index contributed by atoms with van der Waals surface area (Å²) < 4.78 is 40.6. The number of nitrogens with one attached hydrogen (secondary N) is 1. The number of thiophene rings is 1. The van der Waals surface area contributed by atoms with Gasteiger partial charge < -0.3 is 19.4 Å². The second kappa shape index (κ2) is 12.9. The van der Waals surface area contributed by atoms with Gasteiger partial charge in [-0.2, -0.15) is 0 Å². The van der Waals surface area contributed by atoms with Crippen molar-refractivity contribution in [3.05, 3.63) is 106 Å². The topological polar surface area (TPSA) is 106 Å². The van der Waals surface area contributed by atoms with Crippen LogP contribution >= 0.6 is 11.3 Å². The number of fused-ring (bicyclic) bond motifs is 3. The number of ether oxygens (including phenoxy) is 1. The lowest BCUT2D eigenvalue weighted by Crippen LogP contribution is -2.24. The Morgan fingerprint density at radius 1 is 1.06 bits per heavy atom. The number of aryl methyl sites for hydroxylation is 3. The highest BCUT2D eigenvalue weighted by Crippen LogP contribution is 2.47. The Kier molecular flexibility index (Phi) is 8.26. The molecule has 1 amide bonds. The molecule has 9 nitrogen and oxygen atoms in total. The molecule has 12 heteroatoms. The molecule has 0 saturated carbocycles. The molecule has 50 heavy (non-hydrogen) atoms. The highest BCUT2D eigenvalue weighted by atomic mass is 32.1. The Morgan fingerprint density at radius 3 is 2.66 bits per heavy atom. The number of hydrogen-bond donors (Lipinski definition) is 1. The molecule has 0 spiro atoms. The lowest BCUT2D eigenvalue weighted by molar-refractivity contribution is 0.0778. The molecule has 2 aliphatic rings. The first-order valence-corrected chi connectivity index (χ1v) is 17.5. The van der Waals surface area contributed by atoms with Crippen molar-refractivity contribution >= 4 is 33.1 Å². The molecule has 0 saturated heterocycles. The molecule has 1 aliphatic carbocycles. The third-order valence-corrected chi connectivity index (χ3v) is 10.6. The maximum Gasteiger partial charge on any atom is 0.256 e. The van der Waals surface area contributed by atoms with E-state index in [0.29, 0.717) is 72.5 Å². The largest absolute Gasteiger partial charge is 0.493 e. The Hall–Kier alpha value is -5.23. The molecule has 0 fully saturated rings. The van der Waals surface area contributed by atoms with Crippen LogP contribution in [0, 0.1) is 18.6 Å². The van der Waals surface area contributed by atoms with E-state index in [2.05, 4.69) is 21.6 Å². The number of halogens is 2. The fraction of sp³-hybridized carbons (Fsp3) is 0.289. The summed E-state index contributed by atoms with van der Waals surface area (Å²) in [6.07, 6.45) is 5.14. The highest BCUT2D eigenvalue weighted by Gasteiger charge is 2.37. The van der Waals surface area contributed by atoms with Crippen LogP contribution in [0.15, 0.2) is 59.1 Å². The number of methoxy groups -OCH3 is 1. The van der Waals surface area contributed by atoms with E-state index in [0.717, 1.165) is 55.8 Å². The van der Waals surface area contributed by atoms with Gasteiger partial charge in [0.2, 0.25) is 11.8 Å². The van der Waals surface area contributed by atoms with Gasteiger partial charge in [0.05, 0.1) is 42.2 Å². The van der Waals surface area contributed by atoms with E-state index in [4.69, 9.17) is 19.1 Å². The lowest BCUT2D eigenvalue weighted by Gasteiger charge is -2.16. The third kappa shape index (κ3) is 5.57. The number of benzene rings is 2. The molecule has 4 aromatic heterocycles. The van der Waals surface area contributed by atoms with E-state index in [-0.39, 0.29) is 23.6 Å². The average Bonchev–Trinajstić information content (AvgIpc) is 3.90. The Balaban J connectivity index is 1.27. The molecule has 6 aromatic rings. The molecule has 0 bridgehead atoms. The number of pyridine rings is 2. The summed E-state index contributed by atoms with van der Waals surface area (Å²) in [6.45, 7) is 4.80. The SMILES string of the molecule is CCCN1Cc2nc(CCc3ccc(F)cc3)c(-c3nnc(C)o3)c(-c3cc4c(NC5CCc6c5ccc(F)c6OC)nccc4s3)c2C1=O. The van der Waals surface area contributed by atoms with Crippen LogP contribution in [0.4, 0.5) is 14.6 Å². The molecule has 2 aromatic carbocycles. The molecular weight excluding hydrogens is 659 g/mol. The number of carbonyl (C=O) groups excluding carboxylic acids is 1. The van der Waals surface area contributed by atoms with Crippen LogP contribution in [-0.4, -0.2) is 44.6 Å². The van der Waals surface area contributed by atoms with Gasteiger partial charge in [0.15, 0.2) is 11.6 Å². The molecule has 1 N–H and O–H groups in total. The van der Waals surface area contributed by atoms with E-state index in [9.17, 15) is 13.6 Å². The summed E-state index contributed by atoms with van der Waals surface area (Å²) in [5, 5.41) is 13.1. The zero-order chi connectivity index (χ0) is 34.5. The summed E-state index contributed by atoms with van der Waals surface area (Å²) >= 11 is 1.56. The summed E-state index contributed by atoms with van der Waals surface area (Å²) in [7, 11) is 1.49. The normalized spacial score (nSPS) is 15.2. The fourth-order valence-electron chi connectivity index (χ4n) is 7.24. The number of carbonyl (C=O) groups is 1. The van der Waals surface area contributed by atoms with E-state index >= 15 is 0 Å². The minimum absolute atomic E-state index is 0.0784. The maximum atomic E-state index is 14.5. The van der Waals surface area contributed by atoms with Gasteiger partial charge in [-0.1, -0.05) is 25.1 Å². The first kappa shape index (κ1) is 32.0. The molecule has 1 aliphatic heterocycles. The van der Waals surface area contributed by atoms with Crippen LogP contribution in [0.25, 0.3) is 32.0 Å². The van der Waals surface area contributed by atoms with Crippen molar-refractivity contribution in [2.75, 3.05) is 19.0 Å². The van der Waals surface area contributed by atoms with Gasteiger partial charge in [-0.25, -0.2) is 13.8 Å². The van der Waals surface area contributed by atoms with Crippen molar-refractivity contribution in [2.24, 2.45) is 0 Å². The predicted molar refractivity (Wildman–Crippen MR) is 187 cm³/mol. The van der Waals surface area contributed by atoms with E-state index in [1.165, 1.54) is 25.3 Å². The average molecular weight is 693 g/mol. The second-order valence-corrected chi connectivity index (χ2v) is 13.8. The quantitative estimate of drug-likeness (QED) is 0.153. The summed E-state index contributed by atoms with van der Waals surface area (Å²) in [6, 6.07) is 13.7. The molecule has 8 rings (SSSR count). The van der Waals surface area contributed by atoms with Crippen LogP contribution in [-0.2, 0) is 25.8 Å². The second-order valence-electron chi connectivity index (χ2n) is 12.7. The number of aromatic nitrogens is 4. The minimum Gasteiger partial charge on any atom is -0.493 e. The van der Waals surface area contributed by atoms with Crippen molar-refractivity contribution in [1.29, 1.82) is 0 Å². The van der Waals surface area contributed by atoms with Gasteiger partial charge in [-0.15, -0.1) is 21.5 Å². The van der Waals surface area contributed by atoms with Gasteiger partial charge in [-0.05, 0) is 73.6 Å². The smallest absolute Gasteiger partial charge is 0.256 e. The van der Waals surface area contributed by atoms with Gasteiger partial charge >= 0.3 is 0 Å². The standard InChI is InChI=1S/C38H34F2N6O3S/c1-4-17-46-19-29-33(38(46)47)34(32(37-45-44-20(2)49-37)28(42-29)13-7-21-5-8-22(39)9-6-21)31-18-25-30(50-31)15-16-41-36(25)43-27-14-11-24-23(27)10-12-26(40)35(24)48-3/h5-6,8-10,12,15-16,18,27H,4,7,11,13-14,17,19H2,1-3H3,(H,41,43). The summed E-state index contributed by atoms with van der Waals surface area (Å²) in [5.74, 6) is 0.949. The zero-order valence-corrected chi connectivity index (χ0v) is 28.7. The van der Waals surface area contributed by atoms with E-state index in [1.807, 2.05) is 24.0 Å². The van der Waals surface area contributed by atoms with E-state index in [1.54, 1.807) is 36.6 Å². The van der Waals surface area contributed by atoms with E-state index < -0.39 is 0 Å². The zero-order valence-electron chi connectivity index (χ0n) is 27.8. The number of anilines is 1. The minimum atomic E-state index is -0.365. The first-order chi connectivity index (χ1) is 24.3. The third-order valence-electron chi connectivity index (χ3n) is 9.50. The molecule has 0 radical (unpaired) electrons. The number of rotatable bonds is 10. The van der Waals surface area contributed by atoms with Crippen molar-refractivity contribution in [2.45, 2.75) is 58.5 Å². The first-order valence-electron chi connectivity index (χ1n) is 16.7. The molecule has 1 atom stereocenters. The fourth-order valence-corrected chi connectivity index (χ4v) is 8.36. The Labute approximate surface area is 291 Å². The van der Waals surface area contributed by atoms with Crippen molar-refractivity contribution in [1.82, 2.24) is 25.1 Å². The number of amides is 1. The van der Waals surface area contributed by atoms with Gasteiger partial charge in [0, 0.05) is 45.8 Å². The Morgan fingerprint density at radius 2 is 1.90 bits per heavy atom. The van der Waals surface area contributed by atoms with Gasteiger partial charge in [0.25, 0.3) is 5.91 Å². The van der Waals surface area contributed by atoms with Crippen LogP contribution in [0.1, 0.15) is 70.1 Å². The monoisotopic (exact) mass is 692 g/mol. The van der Waals surface area contributed by atoms with Gasteiger partial charge in [0.1, 0.15) is 11.6 Å². The number of hydrogen-bond acceptors (Lipinski definition) is 9. The maximum absolute atomic E-state index is 14.5. The molecule has 1 unspecified atom stereocenters. The molecular formula is C38H34F2N6O3S. The lowest BCUT2D eigenvalue weighted by atomic mass is 9.94. The molecule has 5 heterocycles. The predicted octanol–water partition coefficient (Wildman–Crippen LogP) is 8.25. The highest BCUT2D eigenvalue weighted by molar-refractivity contribution is 7.22. The van der Waals surface area contributed by atoms with Crippen LogP contribution in [0.5, 0.6) is 5.75 Å². The van der Waals surface area contributed by atoms with Crippen LogP contribution < -0.4 is 10.1 Å².